The Morgan fingerprint density at radius 3 is 2.65 bits per heavy atom. The third kappa shape index (κ3) is 5.99. The van der Waals surface area contributed by atoms with Gasteiger partial charge in [-0.1, -0.05) is 6.92 Å². The average molecular weight is 433 g/mol. The summed E-state index contributed by atoms with van der Waals surface area (Å²) >= 11 is 0. The van der Waals surface area contributed by atoms with Gasteiger partial charge in [-0.3, -0.25) is 4.90 Å². The minimum Gasteiger partial charge on any atom is -0.357 e. The van der Waals surface area contributed by atoms with Crippen LogP contribution in [0, 0.1) is 5.92 Å². The molecule has 2 heterocycles. The van der Waals surface area contributed by atoms with Gasteiger partial charge < -0.3 is 15.2 Å². The summed E-state index contributed by atoms with van der Waals surface area (Å²) < 4.78 is 2.06. The molecule has 1 aliphatic heterocycles. The Hall–Kier alpha value is -0.760. The number of halogens is 1. The second-order valence-corrected chi connectivity index (χ2v) is 6.66. The third-order valence-corrected chi connectivity index (χ3v) is 4.35. The molecule has 0 aromatic carbocycles. The summed E-state index contributed by atoms with van der Waals surface area (Å²) in [5, 5.41) is 6.98. The maximum Gasteiger partial charge on any atom is 0.191 e. The summed E-state index contributed by atoms with van der Waals surface area (Å²) in [5.74, 6) is 1.57. The van der Waals surface area contributed by atoms with Gasteiger partial charge in [-0.15, -0.1) is 24.0 Å². The normalized spacial score (nSPS) is 22.3. The monoisotopic (exact) mass is 433 g/mol. The lowest BCUT2D eigenvalue weighted by Crippen LogP contribution is -2.46. The van der Waals surface area contributed by atoms with E-state index in [2.05, 4.69) is 66.3 Å². The van der Waals surface area contributed by atoms with Crippen molar-refractivity contribution in [1.29, 1.82) is 0 Å². The number of likely N-dealkylation sites (tertiary alicyclic amines) is 1. The van der Waals surface area contributed by atoms with E-state index < -0.39 is 0 Å². The average Bonchev–Trinajstić information content (AvgIpc) is 3.03. The van der Waals surface area contributed by atoms with E-state index in [1.165, 1.54) is 5.56 Å². The fourth-order valence-corrected chi connectivity index (χ4v) is 2.93. The molecule has 1 aromatic rings. The first-order valence-electron chi connectivity index (χ1n) is 8.39. The number of nitrogens with one attached hydrogen (secondary N) is 2. The first kappa shape index (κ1) is 20.3. The number of aryl methyl sites for hydroxylation is 1. The standard InChI is InChI=1S/C17H31N5.HI/c1-6-18-17(19-9-15-7-8-21(5)11-15)20-16-12-22(13(2)3)10-14(16)4;/h7-8,11,13-14,16H,6,9-10,12H2,1-5H3,(H2,18,19,20);1H. The highest BCUT2D eigenvalue weighted by atomic mass is 127. The number of aliphatic imine (C=N–C) groups is 1. The van der Waals surface area contributed by atoms with Crippen molar-refractivity contribution in [1.82, 2.24) is 20.1 Å². The summed E-state index contributed by atoms with van der Waals surface area (Å²) in [6, 6.07) is 3.19. The summed E-state index contributed by atoms with van der Waals surface area (Å²) in [7, 11) is 2.04. The lowest BCUT2D eigenvalue weighted by Gasteiger charge is -2.21. The lowest BCUT2D eigenvalue weighted by molar-refractivity contribution is 0.265. The molecule has 0 amide bonds. The molecule has 0 radical (unpaired) electrons. The Bertz CT molecular complexity index is 497. The molecular formula is C17H32IN5. The van der Waals surface area contributed by atoms with Crippen molar-refractivity contribution in [2.45, 2.75) is 46.3 Å². The van der Waals surface area contributed by atoms with Crippen LogP contribution in [0.4, 0.5) is 0 Å². The van der Waals surface area contributed by atoms with Crippen LogP contribution in [0.1, 0.15) is 33.3 Å². The van der Waals surface area contributed by atoms with Gasteiger partial charge in [-0.2, -0.15) is 0 Å². The van der Waals surface area contributed by atoms with Crippen LogP contribution in [-0.4, -0.2) is 47.1 Å². The maximum absolute atomic E-state index is 4.73. The number of aromatic nitrogens is 1. The summed E-state index contributed by atoms with van der Waals surface area (Å²) in [5.41, 5.74) is 1.24. The van der Waals surface area contributed by atoms with E-state index in [0.29, 0.717) is 24.5 Å². The van der Waals surface area contributed by atoms with Crippen molar-refractivity contribution in [3.8, 4) is 0 Å². The fourth-order valence-electron chi connectivity index (χ4n) is 2.93. The largest absolute Gasteiger partial charge is 0.357 e. The molecule has 0 bridgehead atoms. The highest BCUT2D eigenvalue weighted by molar-refractivity contribution is 14.0. The number of hydrogen-bond acceptors (Lipinski definition) is 2. The van der Waals surface area contributed by atoms with Gasteiger partial charge in [0.1, 0.15) is 0 Å². The molecule has 1 aromatic heterocycles. The summed E-state index contributed by atoms with van der Waals surface area (Å²) in [6.07, 6.45) is 4.18. The van der Waals surface area contributed by atoms with Gasteiger partial charge >= 0.3 is 0 Å². The van der Waals surface area contributed by atoms with Crippen LogP contribution in [0.5, 0.6) is 0 Å². The molecule has 2 N–H and O–H groups in total. The van der Waals surface area contributed by atoms with E-state index in [1.807, 2.05) is 7.05 Å². The van der Waals surface area contributed by atoms with E-state index in [1.54, 1.807) is 0 Å². The van der Waals surface area contributed by atoms with Crippen molar-refractivity contribution in [2.24, 2.45) is 18.0 Å². The zero-order valence-electron chi connectivity index (χ0n) is 15.0. The highest BCUT2D eigenvalue weighted by Crippen LogP contribution is 2.18. The Labute approximate surface area is 157 Å². The minimum atomic E-state index is 0. The molecule has 5 nitrogen and oxygen atoms in total. The van der Waals surface area contributed by atoms with Crippen molar-refractivity contribution in [2.75, 3.05) is 19.6 Å². The smallest absolute Gasteiger partial charge is 0.191 e. The molecule has 2 unspecified atom stereocenters. The second-order valence-electron chi connectivity index (χ2n) is 6.66. The predicted molar refractivity (Wildman–Crippen MR) is 108 cm³/mol. The molecule has 1 aliphatic rings. The number of hydrogen-bond donors (Lipinski definition) is 2. The van der Waals surface area contributed by atoms with Crippen molar-refractivity contribution >= 4 is 29.9 Å². The second kappa shape index (κ2) is 9.52. The minimum absolute atomic E-state index is 0. The first-order chi connectivity index (χ1) is 10.5. The third-order valence-electron chi connectivity index (χ3n) is 4.35. The Balaban J connectivity index is 0.00000264. The number of rotatable bonds is 5. The van der Waals surface area contributed by atoms with Gasteiger partial charge in [0.05, 0.1) is 6.54 Å². The van der Waals surface area contributed by atoms with Gasteiger partial charge in [0, 0.05) is 51.2 Å². The predicted octanol–water partition coefficient (Wildman–Crippen LogP) is 2.43. The van der Waals surface area contributed by atoms with E-state index in [-0.39, 0.29) is 24.0 Å². The summed E-state index contributed by atoms with van der Waals surface area (Å²) in [6.45, 7) is 12.8. The zero-order valence-corrected chi connectivity index (χ0v) is 17.4. The first-order valence-corrected chi connectivity index (χ1v) is 8.39. The van der Waals surface area contributed by atoms with Crippen LogP contribution in [0.3, 0.4) is 0 Å². The molecule has 0 saturated carbocycles. The SMILES string of the molecule is CCNC(=NCc1ccn(C)c1)NC1CN(C(C)C)CC1C.I. The van der Waals surface area contributed by atoms with Gasteiger partial charge in [0.2, 0.25) is 0 Å². The molecule has 0 spiro atoms. The molecule has 23 heavy (non-hydrogen) atoms. The molecule has 1 saturated heterocycles. The molecule has 2 rings (SSSR count). The van der Waals surface area contributed by atoms with Crippen LogP contribution in [-0.2, 0) is 13.6 Å². The molecule has 0 aliphatic carbocycles. The fraction of sp³-hybridized carbons (Fsp3) is 0.706. The van der Waals surface area contributed by atoms with Crippen LogP contribution < -0.4 is 10.6 Å². The van der Waals surface area contributed by atoms with Gasteiger partial charge in [0.25, 0.3) is 0 Å². The van der Waals surface area contributed by atoms with Crippen molar-refractivity contribution < 1.29 is 0 Å². The molecular weight excluding hydrogens is 401 g/mol. The topological polar surface area (TPSA) is 44.6 Å². The maximum atomic E-state index is 4.73. The molecule has 2 atom stereocenters. The van der Waals surface area contributed by atoms with Crippen LogP contribution in [0.15, 0.2) is 23.5 Å². The van der Waals surface area contributed by atoms with Crippen molar-refractivity contribution in [3.63, 3.8) is 0 Å². The Morgan fingerprint density at radius 2 is 2.13 bits per heavy atom. The van der Waals surface area contributed by atoms with Gasteiger partial charge in [-0.05, 0) is 38.3 Å². The Morgan fingerprint density at radius 1 is 1.39 bits per heavy atom. The van der Waals surface area contributed by atoms with E-state index in [4.69, 9.17) is 4.99 Å². The molecule has 6 heteroatoms. The molecule has 132 valence electrons. The summed E-state index contributed by atoms with van der Waals surface area (Å²) in [4.78, 5) is 7.26. The Kier molecular flexibility index (Phi) is 8.39. The zero-order chi connectivity index (χ0) is 16.1. The molecule has 1 fully saturated rings. The van der Waals surface area contributed by atoms with E-state index in [0.717, 1.165) is 25.6 Å². The van der Waals surface area contributed by atoms with Crippen LogP contribution in [0.25, 0.3) is 0 Å². The lowest BCUT2D eigenvalue weighted by atomic mass is 10.1. The quantitative estimate of drug-likeness (QED) is 0.426. The van der Waals surface area contributed by atoms with Gasteiger partial charge in [0.15, 0.2) is 5.96 Å². The van der Waals surface area contributed by atoms with E-state index in [9.17, 15) is 0 Å². The number of guanidine groups is 1. The van der Waals surface area contributed by atoms with E-state index >= 15 is 0 Å². The van der Waals surface area contributed by atoms with Crippen LogP contribution >= 0.6 is 24.0 Å². The highest BCUT2D eigenvalue weighted by Gasteiger charge is 2.31. The van der Waals surface area contributed by atoms with Crippen molar-refractivity contribution in [3.05, 3.63) is 24.0 Å². The van der Waals surface area contributed by atoms with Gasteiger partial charge in [-0.25, -0.2) is 4.99 Å². The van der Waals surface area contributed by atoms with Crippen LogP contribution in [0.2, 0.25) is 0 Å². The number of nitrogens with zero attached hydrogens (tertiary/aromatic N) is 3.